The van der Waals surface area contributed by atoms with Crippen molar-refractivity contribution in [3.63, 3.8) is 0 Å². The average Bonchev–Trinajstić information content (AvgIpc) is 2.56. The van der Waals surface area contributed by atoms with E-state index < -0.39 is 18.5 Å². The van der Waals surface area contributed by atoms with E-state index >= 15 is 0 Å². The third kappa shape index (κ3) is 5.50. The highest BCUT2D eigenvalue weighted by molar-refractivity contribution is 6.04. The van der Waals surface area contributed by atoms with E-state index in [9.17, 15) is 14.4 Å². The van der Waals surface area contributed by atoms with Crippen LogP contribution in [0.5, 0.6) is 0 Å². The maximum Gasteiger partial charge on any atom is 0.329 e. The number of aromatic nitrogens is 1. The van der Waals surface area contributed by atoms with Crippen molar-refractivity contribution >= 4 is 29.3 Å². The van der Waals surface area contributed by atoms with E-state index in [2.05, 4.69) is 20.4 Å². The van der Waals surface area contributed by atoms with Gasteiger partial charge in [0, 0.05) is 17.4 Å². The summed E-state index contributed by atoms with van der Waals surface area (Å²) in [5, 5.41) is 13.6. The third-order valence-electron chi connectivity index (χ3n) is 2.80. The molecular formula is C16H15N3O5. The molecule has 0 unspecified atom stereocenters. The first-order valence-electron chi connectivity index (χ1n) is 6.96. The van der Waals surface area contributed by atoms with Gasteiger partial charge >= 0.3 is 5.97 Å². The number of hydrogen-bond donors (Lipinski definition) is 3. The minimum atomic E-state index is -1.15. The number of amides is 2. The van der Waals surface area contributed by atoms with Crippen LogP contribution in [0.15, 0.2) is 48.7 Å². The van der Waals surface area contributed by atoms with Crippen molar-refractivity contribution in [1.82, 2.24) is 4.98 Å². The highest BCUT2D eigenvalue weighted by Gasteiger charge is 2.08. The van der Waals surface area contributed by atoms with Gasteiger partial charge in [-0.2, -0.15) is 0 Å². The molecule has 0 bridgehead atoms. The molecular weight excluding hydrogens is 314 g/mol. The molecule has 2 rings (SSSR count). The lowest BCUT2D eigenvalue weighted by molar-refractivity contribution is -0.143. The van der Waals surface area contributed by atoms with Crippen LogP contribution >= 0.6 is 0 Å². The fraction of sp³-hybridized carbons (Fsp3) is 0.125. The Kier molecular flexibility index (Phi) is 5.98. The van der Waals surface area contributed by atoms with Gasteiger partial charge in [0.15, 0.2) is 0 Å². The van der Waals surface area contributed by atoms with Crippen LogP contribution in [0.25, 0.3) is 0 Å². The van der Waals surface area contributed by atoms with Crippen molar-refractivity contribution in [3.8, 4) is 0 Å². The first-order chi connectivity index (χ1) is 11.5. The lowest BCUT2D eigenvalue weighted by Crippen LogP contribution is -2.20. The fourth-order valence-corrected chi connectivity index (χ4v) is 1.76. The molecule has 24 heavy (non-hydrogen) atoms. The Morgan fingerprint density at radius 3 is 2.38 bits per heavy atom. The number of rotatable bonds is 7. The SMILES string of the molecule is O=C(O)COCC(=O)Nc1ccc(C(=O)Nc2ccccn2)cc1. The number of hydrogen-bond acceptors (Lipinski definition) is 5. The number of carbonyl (C=O) groups is 3. The summed E-state index contributed by atoms with van der Waals surface area (Å²) in [4.78, 5) is 37.8. The van der Waals surface area contributed by atoms with Gasteiger partial charge in [-0.15, -0.1) is 0 Å². The highest BCUT2D eigenvalue weighted by Crippen LogP contribution is 2.11. The maximum absolute atomic E-state index is 12.0. The van der Waals surface area contributed by atoms with Gasteiger partial charge < -0.3 is 20.5 Å². The van der Waals surface area contributed by atoms with Crippen LogP contribution in [-0.4, -0.2) is 41.1 Å². The van der Waals surface area contributed by atoms with Crippen LogP contribution in [0, 0.1) is 0 Å². The Balaban J connectivity index is 1.87. The van der Waals surface area contributed by atoms with Gasteiger partial charge in [-0.3, -0.25) is 9.59 Å². The largest absolute Gasteiger partial charge is 0.480 e. The first kappa shape index (κ1) is 17.1. The molecule has 3 N–H and O–H groups in total. The van der Waals surface area contributed by atoms with Crippen LogP contribution in [0.2, 0.25) is 0 Å². The highest BCUT2D eigenvalue weighted by atomic mass is 16.5. The van der Waals surface area contributed by atoms with Crippen LogP contribution < -0.4 is 10.6 Å². The fourth-order valence-electron chi connectivity index (χ4n) is 1.76. The second-order valence-corrected chi connectivity index (χ2v) is 4.68. The van der Waals surface area contributed by atoms with E-state index in [4.69, 9.17) is 5.11 Å². The van der Waals surface area contributed by atoms with E-state index in [0.29, 0.717) is 17.1 Å². The van der Waals surface area contributed by atoms with Crippen LogP contribution in [-0.2, 0) is 14.3 Å². The normalized spacial score (nSPS) is 10.0. The van der Waals surface area contributed by atoms with Gasteiger partial charge in [0.1, 0.15) is 19.0 Å². The lowest BCUT2D eigenvalue weighted by Gasteiger charge is -2.07. The second-order valence-electron chi connectivity index (χ2n) is 4.68. The number of benzene rings is 1. The van der Waals surface area contributed by atoms with Gasteiger partial charge in [-0.25, -0.2) is 9.78 Å². The molecule has 0 radical (unpaired) electrons. The third-order valence-corrected chi connectivity index (χ3v) is 2.80. The molecule has 0 spiro atoms. The van der Waals surface area contributed by atoms with Crippen molar-refractivity contribution < 1.29 is 24.2 Å². The first-order valence-corrected chi connectivity index (χ1v) is 6.96. The quantitative estimate of drug-likeness (QED) is 0.706. The monoisotopic (exact) mass is 329 g/mol. The predicted octanol–water partition coefficient (Wildman–Crippen LogP) is 1.37. The van der Waals surface area contributed by atoms with E-state index in [1.54, 1.807) is 48.7 Å². The molecule has 0 saturated carbocycles. The van der Waals surface area contributed by atoms with Gasteiger partial charge in [0.05, 0.1) is 0 Å². The molecule has 1 heterocycles. The summed E-state index contributed by atoms with van der Waals surface area (Å²) in [6, 6.07) is 11.4. The molecule has 8 nitrogen and oxygen atoms in total. The summed E-state index contributed by atoms with van der Waals surface area (Å²) >= 11 is 0. The Hall–Kier alpha value is -3.26. The Morgan fingerprint density at radius 1 is 1.00 bits per heavy atom. The number of pyridine rings is 1. The van der Waals surface area contributed by atoms with Crippen LogP contribution in [0.4, 0.5) is 11.5 Å². The van der Waals surface area contributed by atoms with Crippen LogP contribution in [0.3, 0.4) is 0 Å². The van der Waals surface area contributed by atoms with Crippen molar-refractivity contribution in [1.29, 1.82) is 0 Å². The van der Waals surface area contributed by atoms with Crippen molar-refractivity contribution in [3.05, 3.63) is 54.2 Å². The summed E-state index contributed by atoms with van der Waals surface area (Å²) in [5.41, 5.74) is 0.870. The van der Waals surface area contributed by atoms with Gasteiger partial charge in [-0.05, 0) is 36.4 Å². The molecule has 0 aliphatic rings. The summed E-state index contributed by atoms with van der Waals surface area (Å²) in [7, 11) is 0. The second kappa shape index (κ2) is 8.39. The Bertz CT molecular complexity index is 716. The van der Waals surface area contributed by atoms with Crippen molar-refractivity contribution in [2.75, 3.05) is 23.8 Å². The van der Waals surface area contributed by atoms with Crippen molar-refractivity contribution in [2.24, 2.45) is 0 Å². The molecule has 0 saturated heterocycles. The van der Waals surface area contributed by atoms with Gasteiger partial charge in [0.2, 0.25) is 5.91 Å². The zero-order valence-electron chi connectivity index (χ0n) is 12.6. The Labute approximate surface area is 137 Å². The standard InChI is InChI=1S/C16H15N3O5/c20-14(9-24-10-15(21)22)18-12-6-4-11(5-7-12)16(23)19-13-3-1-2-8-17-13/h1-8H,9-10H2,(H,18,20)(H,21,22)(H,17,19,23). The number of anilines is 2. The number of ether oxygens (including phenoxy) is 1. The van der Waals surface area contributed by atoms with Crippen LogP contribution in [0.1, 0.15) is 10.4 Å². The molecule has 1 aromatic heterocycles. The topological polar surface area (TPSA) is 118 Å². The maximum atomic E-state index is 12.0. The predicted molar refractivity (Wildman–Crippen MR) is 85.7 cm³/mol. The molecule has 2 amide bonds. The molecule has 0 atom stereocenters. The summed E-state index contributed by atoms with van der Waals surface area (Å²) in [6.45, 7) is -0.908. The summed E-state index contributed by atoms with van der Waals surface area (Å²) in [5.74, 6) is -1.51. The minimum Gasteiger partial charge on any atom is -0.480 e. The molecule has 8 heteroatoms. The summed E-state index contributed by atoms with van der Waals surface area (Å²) < 4.78 is 4.67. The number of nitrogens with zero attached hydrogens (tertiary/aromatic N) is 1. The van der Waals surface area contributed by atoms with E-state index in [-0.39, 0.29) is 12.5 Å². The zero-order chi connectivity index (χ0) is 17.4. The molecule has 0 fully saturated rings. The van der Waals surface area contributed by atoms with E-state index in [1.165, 1.54) is 0 Å². The molecule has 0 aliphatic carbocycles. The Morgan fingerprint density at radius 2 is 1.75 bits per heavy atom. The average molecular weight is 329 g/mol. The number of carbonyl (C=O) groups excluding carboxylic acids is 2. The number of nitrogens with one attached hydrogen (secondary N) is 2. The number of carboxylic acid groups (broad SMARTS) is 1. The molecule has 0 aliphatic heterocycles. The zero-order valence-corrected chi connectivity index (χ0v) is 12.6. The smallest absolute Gasteiger partial charge is 0.329 e. The molecule has 124 valence electrons. The van der Waals surface area contributed by atoms with Gasteiger partial charge in [-0.1, -0.05) is 6.07 Å². The van der Waals surface area contributed by atoms with E-state index in [0.717, 1.165) is 0 Å². The lowest BCUT2D eigenvalue weighted by atomic mass is 10.2. The van der Waals surface area contributed by atoms with Gasteiger partial charge in [0.25, 0.3) is 5.91 Å². The molecule has 1 aromatic carbocycles. The number of carboxylic acids is 1. The summed E-state index contributed by atoms with van der Waals surface area (Å²) in [6.07, 6.45) is 1.57. The number of aliphatic carboxylic acids is 1. The van der Waals surface area contributed by atoms with Crippen molar-refractivity contribution in [2.45, 2.75) is 0 Å². The molecule has 2 aromatic rings. The minimum absolute atomic E-state index is 0.323. The van der Waals surface area contributed by atoms with E-state index in [1.807, 2.05) is 0 Å².